The molecule has 0 N–H and O–H groups in total. The Kier molecular flexibility index (Phi) is 8.54. The number of nitrogens with zero attached hydrogens (tertiary/aromatic N) is 4. The van der Waals surface area contributed by atoms with E-state index < -0.39 is 22.8 Å². The van der Waals surface area contributed by atoms with E-state index in [-0.39, 0.29) is 31.0 Å². The summed E-state index contributed by atoms with van der Waals surface area (Å²) in [4.78, 5) is 13.2. The first-order valence-corrected chi connectivity index (χ1v) is 12.4. The van der Waals surface area contributed by atoms with Gasteiger partial charge in [-0.2, -0.15) is 23.0 Å². The Labute approximate surface area is 235 Å². The zero-order valence-corrected chi connectivity index (χ0v) is 23.2. The van der Waals surface area contributed by atoms with Crippen molar-refractivity contribution >= 4 is 37.8 Å². The molecule has 8 nitrogen and oxygen atoms in total. The van der Waals surface area contributed by atoms with Crippen molar-refractivity contribution in [2.24, 2.45) is 5.41 Å². The lowest BCUT2D eigenvalue weighted by Crippen LogP contribution is -2.55. The molecule has 1 atom stereocenters. The van der Waals surface area contributed by atoms with Crippen LogP contribution < -0.4 is 8.92 Å². The summed E-state index contributed by atoms with van der Waals surface area (Å²) in [6, 6.07) is 8.13. The fourth-order valence-electron chi connectivity index (χ4n) is 4.95. The van der Waals surface area contributed by atoms with E-state index in [1.807, 2.05) is 11.1 Å². The Morgan fingerprint density at radius 2 is 1.82 bits per heavy atom. The van der Waals surface area contributed by atoms with Crippen LogP contribution in [0.15, 0.2) is 48.2 Å². The number of piperidine rings is 1. The third-order valence-corrected chi connectivity index (χ3v) is 7.57. The second-order valence-electron chi connectivity index (χ2n) is 9.04. The number of carbonyl (C=O) groups excluding carboxylic acids is 1. The maximum atomic E-state index is 14.0. The normalized spacial score (nSPS) is 18.5. The number of hydrazine groups is 1. The monoisotopic (exact) mass is 580 g/mol. The molecule has 0 amide bonds. The fourth-order valence-corrected chi connectivity index (χ4v) is 5.47. The third kappa shape index (κ3) is 5.36. The highest BCUT2D eigenvalue weighted by molar-refractivity contribution is 7.92. The van der Waals surface area contributed by atoms with Crippen LogP contribution in [0, 0.1) is 22.9 Å². The number of esters is 1. The molecule has 2 aromatic carbocycles. The van der Waals surface area contributed by atoms with E-state index >= 15 is 0 Å². The molecule has 1 fully saturated rings. The van der Waals surface area contributed by atoms with Crippen molar-refractivity contribution in [2.45, 2.75) is 12.8 Å². The summed E-state index contributed by atoms with van der Waals surface area (Å²) in [5.41, 5.74) is 2.38. The molecular weight excluding hydrogens is 553 g/mol. The number of benzene rings is 2. The van der Waals surface area contributed by atoms with E-state index in [0.717, 1.165) is 41.2 Å². The number of fused-ring (bicyclic) bond motifs is 2. The number of hydrogen-bond acceptors (Lipinski definition) is 8. The zero-order chi connectivity index (χ0) is 27.0. The molecule has 39 heavy (non-hydrogen) atoms. The van der Waals surface area contributed by atoms with Gasteiger partial charge in [-0.15, -0.1) is 0 Å². The molecule has 0 saturated carbocycles. The van der Waals surface area contributed by atoms with E-state index in [2.05, 4.69) is 5.10 Å². The molecule has 1 aromatic heterocycles. The molecule has 1 saturated heterocycles. The van der Waals surface area contributed by atoms with Crippen molar-refractivity contribution in [1.29, 1.82) is 0 Å². The summed E-state index contributed by atoms with van der Waals surface area (Å²) in [7, 11) is 4.28. The zero-order valence-electron chi connectivity index (χ0n) is 21.4. The van der Waals surface area contributed by atoms with Crippen molar-refractivity contribution in [3.8, 4) is 17.2 Å². The Hall–Kier alpha value is -3.13. The minimum absolute atomic E-state index is 0. The van der Waals surface area contributed by atoms with E-state index in [4.69, 9.17) is 13.7 Å². The lowest BCUT2D eigenvalue weighted by molar-refractivity contribution is -0.154. The molecule has 208 valence electrons. The predicted octanol–water partition coefficient (Wildman–Crippen LogP) is 4.70. The average Bonchev–Trinajstić information content (AvgIpc) is 3.32. The molecule has 1 unspecified atom stereocenters. The SMILES string of the molecule is COC(=O)C12Cc3cnn(-c4ccc(F)cc4)c3C=C1CCN(N(C)SOc1cc(F)c(OC)c(F)c1)C2.S. The topological polar surface area (TPSA) is 69.1 Å². The highest BCUT2D eigenvalue weighted by Gasteiger charge is 2.50. The summed E-state index contributed by atoms with van der Waals surface area (Å²) in [6.45, 7) is 0.855. The van der Waals surface area contributed by atoms with Gasteiger partial charge in [0.05, 0.1) is 31.8 Å². The van der Waals surface area contributed by atoms with Gasteiger partial charge in [0.15, 0.2) is 29.6 Å². The number of halogens is 3. The summed E-state index contributed by atoms with van der Waals surface area (Å²) in [5.74, 6) is -2.95. The number of methoxy groups -OCH3 is 2. The number of hydrogen-bond donors (Lipinski definition) is 0. The smallest absolute Gasteiger partial charge is 0.317 e. The fraction of sp³-hybridized carbons (Fsp3) is 0.308. The van der Waals surface area contributed by atoms with Crippen molar-refractivity contribution < 1.29 is 31.6 Å². The number of ether oxygens (including phenoxy) is 2. The molecule has 1 aliphatic carbocycles. The van der Waals surface area contributed by atoms with E-state index in [0.29, 0.717) is 31.6 Å². The van der Waals surface area contributed by atoms with Gasteiger partial charge >= 0.3 is 5.97 Å². The van der Waals surface area contributed by atoms with Crippen LogP contribution in [0.1, 0.15) is 17.7 Å². The summed E-state index contributed by atoms with van der Waals surface area (Å²) in [6.07, 6.45) is 4.60. The molecule has 13 heteroatoms. The van der Waals surface area contributed by atoms with Gasteiger partial charge in [0.2, 0.25) is 0 Å². The van der Waals surface area contributed by atoms with Crippen LogP contribution in [0.25, 0.3) is 11.8 Å². The highest BCUT2D eigenvalue weighted by atomic mass is 32.2. The summed E-state index contributed by atoms with van der Waals surface area (Å²) in [5, 5.41) is 6.42. The first-order valence-electron chi connectivity index (χ1n) is 11.7. The summed E-state index contributed by atoms with van der Waals surface area (Å²) >= 11 is 0.879. The van der Waals surface area contributed by atoms with Crippen LogP contribution in [0.5, 0.6) is 11.5 Å². The van der Waals surface area contributed by atoms with Crippen LogP contribution >= 0.6 is 25.7 Å². The second kappa shape index (κ2) is 11.5. The largest absolute Gasteiger partial charge is 0.491 e. The molecule has 1 aliphatic heterocycles. The lowest BCUT2D eigenvalue weighted by atomic mass is 9.68. The highest BCUT2D eigenvalue weighted by Crippen LogP contribution is 2.45. The maximum absolute atomic E-state index is 14.0. The first-order chi connectivity index (χ1) is 18.3. The van der Waals surface area contributed by atoms with Crippen molar-refractivity contribution in [2.75, 3.05) is 34.4 Å². The van der Waals surface area contributed by atoms with Crippen molar-refractivity contribution in [3.05, 3.63) is 76.9 Å². The molecular formula is C26H27F3N4O4S2. The minimum Gasteiger partial charge on any atom is -0.491 e. The minimum atomic E-state index is -0.955. The van der Waals surface area contributed by atoms with Gasteiger partial charge in [0.1, 0.15) is 17.0 Å². The van der Waals surface area contributed by atoms with Gasteiger partial charge in [-0.1, -0.05) is 0 Å². The van der Waals surface area contributed by atoms with Gasteiger partial charge in [-0.25, -0.2) is 22.9 Å². The predicted molar refractivity (Wildman–Crippen MR) is 145 cm³/mol. The van der Waals surface area contributed by atoms with Gasteiger partial charge in [0.25, 0.3) is 0 Å². The third-order valence-electron chi connectivity index (χ3n) is 6.86. The Bertz CT molecular complexity index is 1380. The van der Waals surface area contributed by atoms with Crippen molar-refractivity contribution in [1.82, 2.24) is 19.2 Å². The maximum Gasteiger partial charge on any atom is 0.317 e. The number of aromatic nitrogens is 2. The van der Waals surface area contributed by atoms with Gasteiger partial charge < -0.3 is 13.7 Å². The Morgan fingerprint density at radius 1 is 1.13 bits per heavy atom. The molecule has 0 radical (unpaired) electrons. The molecule has 0 bridgehead atoms. The van der Waals surface area contributed by atoms with Crippen LogP contribution in [-0.4, -0.2) is 59.5 Å². The quantitative estimate of drug-likeness (QED) is 0.226. The van der Waals surface area contributed by atoms with Crippen molar-refractivity contribution in [3.63, 3.8) is 0 Å². The number of carbonyl (C=O) groups is 1. The average molecular weight is 581 g/mol. The molecule has 0 spiro atoms. The Balaban J connectivity index is 0.00000353. The van der Waals surface area contributed by atoms with Crippen LogP contribution in [0.2, 0.25) is 0 Å². The number of rotatable bonds is 7. The van der Waals surface area contributed by atoms with Crippen LogP contribution in [0.4, 0.5) is 13.2 Å². The molecule has 2 aliphatic rings. The van der Waals surface area contributed by atoms with E-state index in [1.165, 1.54) is 26.4 Å². The molecule has 2 heterocycles. The van der Waals surface area contributed by atoms with Gasteiger partial charge in [-0.3, -0.25) is 4.79 Å². The summed E-state index contributed by atoms with van der Waals surface area (Å²) < 4.78 is 60.4. The molecule has 3 aromatic rings. The first kappa shape index (κ1) is 28.9. The van der Waals surface area contributed by atoms with Crippen LogP contribution in [-0.2, 0) is 16.0 Å². The van der Waals surface area contributed by atoms with E-state index in [1.54, 1.807) is 34.5 Å². The van der Waals surface area contributed by atoms with Gasteiger partial charge in [-0.05, 0) is 54.3 Å². The van der Waals surface area contributed by atoms with Crippen LogP contribution in [0.3, 0.4) is 0 Å². The molecule has 5 rings (SSSR count). The van der Waals surface area contributed by atoms with Gasteiger partial charge in [0, 0.05) is 32.3 Å². The second-order valence-corrected chi connectivity index (χ2v) is 9.89. The lowest BCUT2D eigenvalue weighted by Gasteiger charge is -2.46. The van der Waals surface area contributed by atoms with E-state index in [9.17, 15) is 18.0 Å². The standard InChI is InChI=1S/C26H25F3N4O4S.H2S/c1-31(38-37-20-11-21(28)24(35-2)22(29)12-20)32-9-8-17-10-23-16(13-26(17,15-32)25(34)36-3)14-30-33(23)19-6-4-18(27)5-7-19;/h4-7,10-12,14H,8-9,13,15H2,1-3H3;1H2. The Morgan fingerprint density at radius 3 is 2.46 bits per heavy atom.